The van der Waals surface area contributed by atoms with E-state index in [-0.39, 0.29) is 12.2 Å². The monoisotopic (exact) mass is 278 g/mol. The zero-order chi connectivity index (χ0) is 13.8. The number of halogens is 4. The van der Waals surface area contributed by atoms with Crippen LogP contribution in [0.1, 0.15) is 0 Å². The molecular weight excluding hydrogens is 273 g/mol. The van der Waals surface area contributed by atoms with Crippen molar-refractivity contribution in [3.8, 4) is 11.8 Å². The van der Waals surface area contributed by atoms with Crippen LogP contribution < -0.4 is 9.64 Å². The lowest BCUT2D eigenvalue weighted by molar-refractivity contribution is -0.274. The summed E-state index contributed by atoms with van der Waals surface area (Å²) >= 11 is 5.23. The summed E-state index contributed by atoms with van der Waals surface area (Å²) in [7, 11) is 0. The van der Waals surface area contributed by atoms with Gasteiger partial charge in [-0.15, -0.1) is 13.2 Å². The van der Waals surface area contributed by atoms with Crippen molar-refractivity contribution in [2.45, 2.75) is 6.36 Å². The van der Waals surface area contributed by atoms with Crippen molar-refractivity contribution >= 4 is 22.7 Å². The normalized spacial score (nSPS) is 10.6. The van der Waals surface area contributed by atoms with Crippen molar-refractivity contribution in [2.24, 2.45) is 0 Å². The van der Waals surface area contributed by atoms with Gasteiger partial charge in [-0.25, -0.2) is 0 Å². The molecule has 0 spiro atoms. The summed E-state index contributed by atoms with van der Waals surface area (Å²) in [5.74, 6) is -0.426. The van der Waals surface area contributed by atoms with Crippen molar-refractivity contribution in [1.29, 1.82) is 5.26 Å². The lowest BCUT2D eigenvalue weighted by Gasteiger charge is -2.16. The third-order valence-corrected chi connectivity index (χ3v) is 2.03. The van der Waals surface area contributed by atoms with E-state index in [1.54, 1.807) is 6.07 Å². The highest BCUT2D eigenvalue weighted by Gasteiger charge is 2.31. The molecule has 0 aliphatic heterocycles. The Morgan fingerprint density at radius 1 is 1.39 bits per heavy atom. The summed E-state index contributed by atoms with van der Waals surface area (Å²) < 4.78 is 39.4. The summed E-state index contributed by atoms with van der Waals surface area (Å²) in [6.07, 6.45) is -4.78. The molecule has 1 amide bonds. The molecule has 1 aromatic rings. The fourth-order valence-corrected chi connectivity index (χ4v) is 1.31. The molecule has 96 valence electrons. The Bertz CT molecular complexity index is 467. The number of ether oxygens (including phenoxy) is 1. The van der Waals surface area contributed by atoms with Crippen LogP contribution in [0.3, 0.4) is 0 Å². The van der Waals surface area contributed by atoms with Crippen molar-refractivity contribution in [3.05, 3.63) is 24.3 Å². The number of carbonyl (C=O) groups is 1. The summed E-state index contributed by atoms with van der Waals surface area (Å²) in [4.78, 5) is 11.9. The fourth-order valence-electron chi connectivity index (χ4n) is 1.15. The highest BCUT2D eigenvalue weighted by molar-refractivity contribution is 6.66. The number of carbonyl (C=O) groups excluding carboxylic acids is 1. The van der Waals surface area contributed by atoms with Crippen molar-refractivity contribution in [3.63, 3.8) is 0 Å². The van der Waals surface area contributed by atoms with E-state index in [1.807, 2.05) is 0 Å². The molecule has 8 heteroatoms. The Kier molecular flexibility index (Phi) is 4.39. The molecule has 0 radical (unpaired) electrons. The number of benzene rings is 1. The molecule has 0 saturated carbocycles. The van der Waals surface area contributed by atoms with Crippen LogP contribution in [0, 0.1) is 11.3 Å². The number of rotatable bonds is 3. The molecule has 0 heterocycles. The van der Waals surface area contributed by atoms with E-state index in [2.05, 4.69) is 4.74 Å². The molecule has 18 heavy (non-hydrogen) atoms. The van der Waals surface area contributed by atoms with Gasteiger partial charge in [0.05, 0.1) is 6.07 Å². The predicted octanol–water partition coefficient (Wildman–Crippen LogP) is 3.27. The first-order valence-electron chi connectivity index (χ1n) is 4.53. The molecule has 0 fully saturated rings. The van der Waals surface area contributed by atoms with Gasteiger partial charge in [0.1, 0.15) is 12.3 Å². The van der Waals surface area contributed by atoms with Crippen LogP contribution in [0.25, 0.3) is 0 Å². The minimum atomic E-state index is -4.78. The lowest BCUT2D eigenvalue weighted by atomic mass is 10.3. The van der Waals surface area contributed by atoms with Crippen LogP contribution in [0.4, 0.5) is 23.7 Å². The Labute approximate surface area is 105 Å². The van der Waals surface area contributed by atoms with Gasteiger partial charge < -0.3 is 4.74 Å². The molecule has 1 aromatic carbocycles. The average Bonchev–Trinajstić information content (AvgIpc) is 2.25. The molecule has 0 saturated heterocycles. The van der Waals surface area contributed by atoms with Gasteiger partial charge >= 0.3 is 11.7 Å². The maximum absolute atomic E-state index is 11.9. The first-order valence-corrected chi connectivity index (χ1v) is 4.91. The molecule has 0 N–H and O–H groups in total. The highest BCUT2D eigenvalue weighted by Crippen LogP contribution is 2.25. The van der Waals surface area contributed by atoms with Crippen LogP contribution in [0.5, 0.6) is 5.75 Å². The van der Waals surface area contributed by atoms with E-state index in [9.17, 15) is 18.0 Å². The van der Waals surface area contributed by atoms with Gasteiger partial charge in [-0.1, -0.05) is 0 Å². The molecule has 0 unspecified atom stereocenters. The van der Waals surface area contributed by atoms with E-state index in [0.717, 1.165) is 17.0 Å². The highest BCUT2D eigenvalue weighted by atomic mass is 35.5. The summed E-state index contributed by atoms with van der Waals surface area (Å²) in [5, 5.41) is 7.58. The molecule has 4 nitrogen and oxygen atoms in total. The number of nitrogens with zero attached hydrogens (tertiary/aromatic N) is 2. The second-order valence-corrected chi connectivity index (χ2v) is 3.36. The van der Waals surface area contributed by atoms with Crippen LogP contribution in [-0.4, -0.2) is 18.3 Å². The zero-order valence-corrected chi connectivity index (χ0v) is 9.50. The Hall–Kier alpha value is -1.94. The molecule has 0 bridgehead atoms. The number of amides is 1. The molecule has 0 aliphatic rings. The number of hydrogen-bond acceptors (Lipinski definition) is 3. The van der Waals surface area contributed by atoms with Gasteiger partial charge in [0.2, 0.25) is 0 Å². The Morgan fingerprint density at radius 2 is 1.94 bits per heavy atom. The van der Waals surface area contributed by atoms with E-state index < -0.39 is 17.5 Å². The zero-order valence-electron chi connectivity index (χ0n) is 8.74. The number of hydrogen-bond donors (Lipinski definition) is 0. The predicted molar refractivity (Wildman–Crippen MR) is 57.3 cm³/mol. The maximum Gasteiger partial charge on any atom is 0.573 e. The minimum Gasteiger partial charge on any atom is -0.406 e. The lowest BCUT2D eigenvalue weighted by Crippen LogP contribution is -2.25. The summed E-state index contributed by atoms with van der Waals surface area (Å²) in [6.45, 7) is -0.304. The van der Waals surface area contributed by atoms with Crippen LogP contribution in [0.2, 0.25) is 0 Å². The minimum absolute atomic E-state index is 0.200. The van der Waals surface area contributed by atoms with Gasteiger partial charge in [0.15, 0.2) is 0 Å². The quantitative estimate of drug-likeness (QED) is 0.484. The van der Waals surface area contributed by atoms with Crippen LogP contribution >= 0.6 is 11.6 Å². The summed E-state index contributed by atoms with van der Waals surface area (Å²) in [6, 6.07) is 6.14. The Morgan fingerprint density at radius 3 is 2.33 bits per heavy atom. The van der Waals surface area contributed by atoms with Gasteiger partial charge in [-0.2, -0.15) is 5.26 Å². The smallest absolute Gasteiger partial charge is 0.406 e. The molecular formula is C10H6ClF3N2O2. The number of alkyl halides is 3. The molecule has 1 rings (SSSR count). The summed E-state index contributed by atoms with van der Waals surface area (Å²) in [5.41, 5.74) is 0.200. The van der Waals surface area contributed by atoms with E-state index in [1.165, 1.54) is 12.1 Å². The van der Waals surface area contributed by atoms with Crippen molar-refractivity contribution in [1.82, 2.24) is 0 Å². The second-order valence-electron chi connectivity index (χ2n) is 3.04. The van der Waals surface area contributed by atoms with E-state index in [4.69, 9.17) is 16.9 Å². The second kappa shape index (κ2) is 5.60. The molecule has 0 aliphatic carbocycles. The van der Waals surface area contributed by atoms with Crippen molar-refractivity contribution < 1.29 is 22.7 Å². The topological polar surface area (TPSA) is 53.3 Å². The molecule has 0 aromatic heterocycles. The maximum atomic E-state index is 11.9. The van der Waals surface area contributed by atoms with E-state index in [0.29, 0.717) is 0 Å². The van der Waals surface area contributed by atoms with Gasteiger partial charge in [-0.05, 0) is 35.9 Å². The Balaban J connectivity index is 2.88. The van der Waals surface area contributed by atoms with E-state index >= 15 is 0 Å². The number of anilines is 1. The third kappa shape index (κ3) is 4.14. The number of nitriles is 1. The SMILES string of the molecule is N#CCN(C(=O)Cl)c1ccc(OC(F)(F)F)cc1. The fraction of sp³-hybridized carbons (Fsp3) is 0.200. The molecule has 0 atom stereocenters. The first kappa shape index (κ1) is 14.1. The van der Waals surface area contributed by atoms with Gasteiger partial charge in [-0.3, -0.25) is 9.69 Å². The van der Waals surface area contributed by atoms with Crippen molar-refractivity contribution in [2.75, 3.05) is 11.4 Å². The standard InChI is InChI=1S/C10H6ClF3N2O2/c11-9(17)16(6-5-15)7-1-3-8(4-2-7)18-10(12,13)14/h1-4H,6H2. The third-order valence-electron chi connectivity index (χ3n) is 1.82. The first-order chi connectivity index (χ1) is 8.33. The van der Waals surface area contributed by atoms with Crippen LogP contribution in [-0.2, 0) is 0 Å². The van der Waals surface area contributed by atoms with Gasteiger partial charge in [0, 0.05) is 5.69 Å². The average molecular weight is 279 g/mol. The largest absolute Gasteiger partial charge is 0.573 e. The van der Waals surface area contributed by atoms with Gasteiger partial charge in [0.25, 0.3) is 0 Å². The van der Waals surface area contributed by atoms with Crippen LogP contribution in [0.15, 0.2) is 24.3 Å².